The van der Waals surface area contributed by atoms with E-state index in [0.29, 0.717) is 17.1 Å². The van der Waals surface area contributed by atoms with E-state index in [-0.39, 0.29) is 12.2 Å². The van der Waals surface area contributed by atoms with Gasteiger partial charge in [0.15, 0.2) is 5.78 Å². The highest BCUT2D eigenvalue weighted by atomic mass is 79.9. The zero-order valence-electron chi connectivity index (χ0n) is 9.76. The number of Topliss-reactive ketones (excluding diaryl/α,β-unsaturated/α-hetero) is 1. The first-order valence-electron chi connectivity index (χ1n) is 5.32. The number of ketones is 1. The Labute approximate surface area is 113 Å². The van der Waals surface area contributed by atoms with Gasteiger partial charge in [-0.05, 0) is 12.1 Å². The van der Waals surface area contributed by atoms with Gasteiger partial charge in [0.1, 0.15) is 6.33 Å². The van der Waals surface area contributed by atoms with Crippen LogP contribution < -0.4 is 4.74 Å². The number of carbonyl (C=O) groups excluding carboxylic acids is 1. The van der Waals surface area contributed by atoms with Gasteiger partial charge in [-0.3, -0.25) is 4.79 Å². The van der Waals surface area contributed by atoms with E-state index in [1.54, 1.807) is 18.2 Å². The van der Waals surface area contributed by atoms with Crippen molar-refractivity contribution in [2.45, 2.75) is 6.42 Å². The number of hydrogen-bond donors (Lipinski definition) is 0. The van der Waals surface area contributed by atoms with Crippen molar-refractivity contribution >= 4 is 21.7 Å². The van der Waals surface area contributed by atoms with Crippen molar-refractivity contribution in [1.29, 1.82) is 0 Å². The van der Waals surface area contributed by atoms with Crippen molar-refractivity contribution in [3.05, 3.63) is 52.4 Å². The van der Waals surface area contributed by atoms with E-state index in [1.165, 1.54) is 13.4 Å². The molecule has 1 aromatic carbocycles. The summed E-state index contributed by atoms with van der Waals surface area (Å²) in [5, 5.41) is 0. The maximum Gasteiger partial charge on any atom is 0.216 e. The monoisotopic (exact) mass is 306 g/mol. The second kappa shape index (κ2) is 5.73. The zero-order valence-corrected chi connectivity index (χ0v) is 11.3. The molecule has 0 unspecified atom stereocenters. The van der Waals surface area contributed by atoms with Gasteiger partial charge in [-0.1, -0.05) is 28.1 Å². The van der Waals surface area contributed by atoms with Crippen molar-refractivity contribution in [2.75, 3.05) is 7.11 Å². The lowest BCUT2D eigenvalue weighted by Crippen LogP contribution is -2.05. The molecule has 92 valence electrons. The fourth-order valence-corrected chi connectivity index (χ4v) is 1.75. The Morgan fingerprint density at radius 1 is 1.28 bits per heavy atom. The Morgan fingerprint density at radius 2 is 2.00 bits per heavy atom. The molecule has 0 spiro atoms. The first-order valence-corrected chi connectivity index (χ1v) is 6.12. The summed E-state index contributed by atoms with van der Waals surface area (Å²) in [5.41, 5.74) is 1.31. The molecule has 4 nitrogen and oxygen atoms in total. The highest BCUT2D eigenvalue weighted by Gasteiger charge is 2.08. The topological polar surface area (TPSA) is 52.1 Å². The average molecular weight is 307 g/mol. The molecule has 2 rings (SSSR count). The molecule has 0 bridgehead atoms. The number of rotatable bonds is 4. The highest BCUT2D eigenvalue weighted by molar-refractivity contribution is 9.10. The van der Waals surface area contributed by atoms with Crippen LogP contribution in [-0.2, 0) is 6.42 Å². The van der Waals surface area contributed by atoms with E-state index in [9.17, 15) is 4.79 Å². The van der Waals surface area contributed by atoms with Crippen LogP contribution in [0.4, 0.5) is 0 Å². The highest BCUT2D eigenvalue weighted by Crippen LogP contribution is 2.13. The number of nitrogens with zero attached hydrogens (tertiary/aromatic N) is 2. The molecule has 0 atom stereocenters. The van der Waals surface area contributed by atoms with Crippen molar-refractivity contribution in [3.63, 3.8) is 0 Å². The molecule has 2 aromatic rings. The molecule has 0 amide bonds. The van der Waals surface area contributed by atoms with Crippen LogP contribution in [-0.4, -0.2) is 22.9 Å². The predicted octanol–water partition coefficient (Wildman–Crippen LogP) is 2.67. The van der Waals surface area contributed by atoms with Gasteiger partial charge >= 0.3 is 0 Å². The van der Waals surface area contributed by atoms with Crippen LogP contribution in [0.5, 0.6) is 5.88 Å². The SMILES string of the molecule is COc1cc(CC(=O)c2ccc(Br)cc2)ncn1. The molecule has 18 heavy (non-hydrogen) atoms. The van der Waals surface area contributed by atoms with Crippen LogP contribution >= 0.6 is 15.9 Å². The van der Waals surface area contributed by atoms with E-state index < -0.39 is 0 Å². The van der Waals surface area contributed by atoms with Gasteiger partial charge in [0.25, 0.3) is 0 Å². The smallest absolute Gasteiger partial charge is 0.216 e. The molecule has 0 aliphatic heterocycles. The van der Waals surface area contributed by atoms with Crippen LogP contribution in [0, 0.1) is 0 Å². The van der Waals surface area contributed by atoms with E-state index in [1.807, 2.05) is 12.1 Å². The molecule has 5 heteroatoms. The lowest BCUT2D eigenvalue weighted by atomic mass is 10.1. The Hall–Kier alpha value is -1.75. The fourth-order valence-electron chi connectivity index (χ4n) is 1.49. The summed E-state index contributed by atoms with van der Waals surface area (Å²) in [4.78, 5) is 20.0. The maximum absolute atomic E-state index is 12.0. The summed E-state index contributed by atoms with van der Waals surface area (Å²) in [5.74, 6) is 0.479. The number of halogens is 1. The summed E-state index contributed by atoms with van der Waals surface area (Å²) in [6.07, 6.45) is 1.63. The van der Waals surface area contributed by atoms with Gasteiger partial charge in [0.2, 0.25) is 5.88 Å². The third kappa shape index (κ3) is 3.13. The normalized spacial score (nSPS) is 10.1. The van der Waals surface area contributed by atoms with E-state index in [0.717, 1.165) is 4.47 Å². The molecule has 1 aromatic heterocycles. The standard InChI is InChI=1S/C13H11BrN2O2/c1-18-13-7-11(15-8-16-13)6-12(17)9-2-4-10(14)5-3-9/h2-5,7-8H,6H2,1H3. The molecule has 1 heterocycles. The first kappa shape index (κ1) is 12.7. The summed E-state index contributed by atoms with van der Waals surface area (Å²) in [6, 6.07) is 8.91. The quantitative estimate of drug-likeness (QED) is 0.815. The third-order valence-corrected chi connectivity index (χ3v) is 2.94. The summed E-state index contributed by atoms with van der Waals surface area (Å²) in [7, 11) is 1.53. The number of ether oxygens (including phenoxy) is 1. The van der Waals surface area contributed by atoms with Crippen LogP contribution in [0.1, 0.15) is 16.1 Å². The maximum atomic E-state index is 12.0. The third-order valence-electron chi connectivity index (χ3n) is 2.42. The number of methoxy groups -OCH3 is 1. The first-order chi connectivity index (χ1) is 8.69. The largest absolute Gasteiger partial charge is 0.481 e. The Bertz CT molecular complexity index is 555. The average Bonchev–Trinajstić information content (AvgIpc) is 2.39. The molecular formula is C13H11BrN2O2. The Morgan fingerprint density at radius 3 is 2.67 bits per heavy atom. The van der Waals surface area contributed by atoms with Gasteiger partial charge in [-0.15, -0.1) is 0 Å². The Balaban J connectivity index is 2.13. The lowest BCUT2D eigenvalue weighted by Gasteiger charge is -2.03. The van der Waals surface area contributed by atoms with Crippen LogP contribution in [0.25, 0.3) is 0 Å². The van der Waals surface area contributed by atoms with Gasteiger partial charge in [-0.25, -0.2) is 9.97 Å². The van der Waals surface area contributed by atoms with Crippen molar-refractivity contribution in [2.24, 2.45) is 0 Å². The number of hydrogen-bond acceptors (Lipinski definition) is 4. The van der Waals surface area contributed by atoms with Crippen LogP contribution in [0.2, 0.25) is 0 Å². The van der Waals surface area contributed by atoms with Crippen LogP contribution in [0.3, 0.4) is 0 Å². The summed E-state index contributed by atoms with van der Waals surface area (Å²) >= 11 is 3.33. The molecule has 0 aliphatic carbocycles. The second-order valence-corrected chi connectivity index (χ2v) is 4.57. The number of carbonyl (C=O) groups is 1. The minimum absolute atomic E-state index is 0.0169. The molecule has 0 fully saturated rings. The predicted molar refractivity (Wildman–Crippen MR) is 70.8 cm³/mol. The van der Waals surface area contributed by atoms with Crippen molar-refractivity contribution < 1.29 is 9.53 Å². The molecule has 0 N–H and O–H groups in total. The Kier molecular flexibility index (Phi) is 4.04. The minimum Gasteiger partial charge on any atom is -0.481 e. The van der Waals surface area contributed by atoms with Crippen molar-refractivity contribution in [1.82, 2.24) is 9.97 Å². The van der Waals surface area contributed by atoms with Crippen molar-refractivity contribution in [3.8, 4) is 5.88 Å². The summed E-state index contributed by atoms with van der Waals surface area (Å²) < 4.78 is 5.94. The molecule has 0 saturated carbocycles. The molecule has 0 aliphatic rings. The lowest BCUT2D eigenvalue weighted by molar-refractivity contribution is 0.0992. The molecular weight excluding hydrogens is 296 g/mol. The van der Waals surface area contributed by atoms with E-state index in [2.05, 4.69) is 25.9 Å². The van der Waals surface area contributed by atoms with Crippen LogP contribution in [0.15, 0.2) is 41.1 Å². The van der Waals surface area contributed by atoms with Gasteiger partial charge in [-0.2, -0.15) is 0 Å². The second-order valence-electron chi connectivity index (χ2n) is 3.66. The zero-order chi connectivity index (χ0) is 13.0. The molecule has 0 saturated heterocycles. The fraction of sp³-hybridized carbons (Fsp3) is 0.154. The summed E-state index contributed by atoms with van der Waals surface area (Å²) in [6.45, 7) is 0. The minimum atomic E-state index is 0.0169. The van der Waals surface area contributed by atoms with Gasteiger partial charge < -0.3 is 4.74 Å². The number of benzene rings is 1. The molecule has 0 radical (unpaired) electrons. The van der Waals surface area contributed by atoms with E-state index in [4.69, 9.17) is 4.74 Å². The van der Waals surface area contributed by atoms with Gasteiger partial charge in [0.05, 0.1) is 19.2 Å². The van der Waals surface area contributed by atoms with E-state index >= 15 is 0 Å². The number of aromatic nitrogens is 2. The van der Waals surface area contributed by atoms with Gasteiger partial charge in [0, 0.05) is 16.1 Å².